The number of halogens is 5. The first kappa shape index (κ1) is 28.4. The lowest BCUT2D eigenvalue weighted by atomic mass is 9.92. The van der Waals surface area contributed by atoms with Crippen molar-refractivity contribution in [3.63, 3.8) is 0 Å². The van der Waals surface area contributed by atoms with Gasteiger partial charge in [-0.3, -0.25) is 4.68 Å². The SMILES string of the molecule is COc1ccc(Cl)cc1S(=O)(=O)NC(=O)NCC(F)=C1CCCc2cnn(Cc3ccc(C(F)(F)F)cc3)c21. The molecular formula is C25H23ClF4N4O4S. The maximum atomic E-state index is 15.3. The molecule has 208 valence electrons. The number of carbonyl (C=O) groups excluding carboxylic acids is 1. The number of aromatic nitrogens is 2. The van der Waals surface area contributed by atoms with Gasteiger partial charge in [0.05, 0.1) is 37.7 Å². The molecule has 1 aliphatic carbocycles. The smallest absolute Gasteiger partial charge is 0.416 e. The van der Waals surface area contributed by atoms with E-state index in [4.69, 9.17) is 16.3 Å². The molecular weight excluding hydrogens is 564 g/mol. The minimum atomic E-state index is -4.46. The number of ether oxygens (including phenoxy) is 1. The highest BCUT2D eigenvalue weighted by molar-refractivity contribution is 7.90. The number of rotatable bonds is 7. The molecule has 0 saturated heterocycles. The van der Waals surface area contributed by atoms with E-state index in [0.29, 0.717) is 30.5 Å². The van der Waals surface area contributed by atoms with Gasteiger partial charge >= 0.3 is 12.2 Å². The fraction of sp³-hybridized carbons (Fsp3) is 0.280. The number of fused-ring (bicyclic) bond motifs is 1. The van der Waals surface area contributed by atoms with Crippen molar-refractivity contribution in [2.45, 2.75) is 36.9 Å². The van der Waals surface area contributed by atoms with E-state index in [9.17, 15) is 26.4 Å². The van der Waals surface area contributed by atoms with Gasteiger partial charge in [0.15, 0.2) is 0 Å². The number of aryl methyl sites for hydroxylation is 1. The van der Waals surface area contributed by atoms with Gasteiger partial charge in [-0.05, 0) is 60.7 Å². The van der Waals surface area contributed by atoms with Crippen molar-refractivity contribution < 1.29 is 35.5 Å². The predicted molar refractivity (Wildman–Crippen MR) is 135 cm³/mol. The number of carbonyl (C=O) groups is 1. The minimum absolute atomic E-state index is 0.0379. The molecule has 8 nitrogen and oxygen atoms in total. The summed E-state index contributed by atoms with van der Waals surface area (Å²) in [6.07, 6.45) is -1.29. The van der Waals surface area contributed by atoms with Crippen molar-refractivity contribution in [1.29, 1.82) is 0 Å². The molecule has 0 saturated carbocycles. The zero-order valence-corrected chi connectivity index (χ0v) is 22.1. The summed E-state index contributed by atoms with van der Waals surface area (Å²) in [4.78, 5) is 12.0. The molecule has 14 heteroatoms. The molecule has 0 radical (unpaired) electrons. The van der Waals surface area contributed by atoms with Gasteiger partial charge in [-0.1, -0.05) is 23.7 Å². The molecule has 1 aliphatic rings. The van der Waals surface area contributed by atoms with Crippen LogP contribution in [0.4, 0.5) is 22.4 Å². The number of allylic oxidation sites excluding steroid dienone is 1. The van der Waals surface area contributed by atoms with Gasteiger partial charge in [-0.15, -0.1) is 0 Å². The molecule has 2 N–H and O–H groups in total. The fourth-order valence-corrected chi connectivity index (χ4v) is 5.59. The van der Waals surface area contributed by atoms with Gasteiger partial charge in [0.1, 0.15) is 16.5 Å². The van der Waals surface area contributed by atoms with Crippen molar-refractivity contribution in [1.82, 2.24) is 19.8 Å². The summed E-state index contributed by atoms with van der Waals surface area (Å²) in [5, 5.41) is 6.59. The van der Waals surface area contributed by atoms with Crippen molar-refractivity contribution in [2.75, 3.05) is 13.7 Å². The van der Waals surface area contributed by atoms with Crippen LogP contribution in [0.5, 0.6) is 5.75 Å². The fourth-order valence-electron chi connectivity index (χ4n) is 4.22. The third kappa shape index (κ3) is 6.53. The van der Waals surface area contributed by atoms with E-state index in [1.54, 1.807) is 10.9 Å². The van der Waals surface area contributed by atoms with Crippen molar-refractivity contribution >= 4 is 33.2 Å². The number of alkyl halides is 3. The number of urea groups is 1. The van der Waals surface area contributed by atoms with E-state index in [2.05, 4.69) is 10.4 Å². The number of amides is 2. The van der Waals surface area contributed by atoms with Crippen LogP contribution >= 0.6 is 11.6 Å². The Morgan fingerprint density at radius 3 is 2.54 bits per heavy atom. The summed E-state index contributed by atoms with van der Waals surface area (Å²) in [5.74, 6) is -0.734. The van der Waals surface area contributed by atoms with Crippen LogP contribution in [0.25, 0.3) is 5.57 Å². The Bertz CT molecular complexity index is 1520. The number of benzene rings is 2. The van der Waals surface area contributed by atoms with Crippen LogP contribution in [0.1, 0.15) is 35.2 Å². The molecule has 39 heavy (non-hydrogen) atoms. The van der Waals surface area contributed by atoms with Crippen LogP contribution in [0.2, 0.25) is 5.02 Å². The summed E-state index contributed by atoms with van der Waals surface area (Å²) in [7, 11) is -3.13. The molecule has 2 aromatic carbocycles. The molecule has 0 spiro atoms. The first-order valence-corrected chi connectivity index (χ1v) is 13.5. The van der Waals surface area contributed by atoms with Crippen LogP contribution in [0.15, 0.2) is 59.4 Å². The molecule has 3 aromatic rings. The van der Waals surface area contributed by atoms with Crippen molar-refractivity contribution in [2.24, 2.45) is 0 Å². The summed E-state index contributed by atoms with van der Waals surface area (Å²) in [5.41, 5.74) is 1.29. The second-order valence-corrected chi connectivity index (χ2v) is 10.8. The normalized spacial score (nSPS) is 14.9. The van der Waals surface area contributed by atoms with E-state index in [0.717, 1.165) is 23.8 Å². The van der Waals surface area contributed by atoms with E-state index in [1.165, 1.54) is 36.1 Å². The predicted octanol–water partition coefficient (Wildman–Crippen LogP) is 5.32. The van der Waals surface area contributed by atoms with Gasteiger partial charge in [0, 0.05) is 10.6 Å². The quantitative estimate of drug-likeness (QED) is 0.365. The average Bonchev–Trinajstić information content (AvgIpc) is 3.29. The van der Waals surface area contributed by atoms with Crippen LogP contribution in [-0.2, 0) is 29.2 Å². The van der Waals surface area contributed by atoms with Gasteiger partial charge in [0.25, 0.3) is 10.0 Å². The van der Waals surface area contributed by atoms with Crippen LogP contribution < -0.4 is 14.8 Å². The van der Waals surface area contributed by atoms with Crippen LogP contribution in [0, 0.1) is 0 Å². The molecule has 1 heterocycles. The third-order valence-electron chi connectivity index (χ3n) is 6.06. The molecule has 1 aromatic heterocycles. The number of hydrogen-bond donors (Lipinski definition) is 2. The highest BCUT2D eigenvalue weighted by atomic mass is 35.5. The molecule has 0 atom stereocenters. The van der Waals surface area contributed by atoms with Crippen LogP contribution in [0.3, 0.4) is 0 Å². The van der Waals surface area contributed by atoms with Crippen molar-refractivity contribution in [3.8, 4) is 5.75 Å². The van der Waals surface area contributed by atoms with Gasteiger partial charge in [-0.2, -0.15) is 18.3 Å². The Labute approximate surface area is 226 Å². The number of methoxy groups -OCH3 is 1. The second-order valence-electron chi connectivity index (χ2n) is 8.69. The zero-order valence-electron chi connectivity index (χ0n) is 20.5. The first-order chi connectivity index (χ1) is 18.4. The Morgan fingerprint density at radius 2 is 1.87 bits per heavy atom. The maximum absolute atomic E-state index is 15.3. The molecule has 0 fully saturated rings. The highest BCUT2D eigenvalue weighted by Crippen LogP contribution is 2.34. The minimum Gasteiger partial charge on any atom is -0.495 e. The monoisotopic (exact) mass is 586 g/mol. The molecule has 0 unspecified atom stereocenters. The Kier molecular flexibility index (Phi) is 8.21. The number of nitrogens with zero attached hydrogens (tertiary/aromatic N) is 2. The van der Waals surface area contributed by atoms with E-state index < -0.39 is 40.2 Å². The number of hydrogen-bond acceptors (Lipinski definition) is 5. The summed E-state index contributed by atoms with van der Waals surface area (Å²) < 4.78 is 87.6. The molecule has 2 amide bonds. The zero-order chi connectivity index (χ0) is 28.4. The van der Waals surface area contributed by atoms with Crippen molar-refractivity contribution in [3.05, 3.63) is 81.9 Å². The second kappa shape index (κ2) is 11.3. The standard InChI is InChI=1S/C25H23ClF4N4O4S/c1-38-21-10-9-18(26)11-22(21)39(36,37)33-24(35)31-13-20(27)19-4-2-3-16-12-32-34(23(16)19)14-15-5-7-17(8-6-15)25(28,29)30/h5-12H,2-4,13-14H2,1H3,(H2,31,33,35). The summed E-state index contributed by atoms with van der Waals surface area (Å²) in [6, 6.07) is 7.30. The number of sulfonamides is 1. The van der Waals surface area contributed by atoms with Gasteiger partial charge in [-0.25, -0.2) is 22.3 Å². The largest absolute Gasteiger partial charge is 0.495 e. The third-order valence-corrected chi connectivity index (χ3v) is 7.65. The maximum Gasteiger partial charge on any atom is 0.416 e. The summed E-state index contributed by atoms with van der Waals surface area (Å²) >= 11 is 5.87. The highest BCUT2D eigenvalue weighted by Gasteiger charge is 2.30. The van der Waals surface area contributed by atoms with E-state index in [1.807, 2.05) is 0 Å². The Morgan fingerprint density at radius 1 is 1.15 bits per heavy atom. The molecule has 0 aliphatic heterocycles. The van der Waals surface area contributed by atoms with Crippen LogP contribution in [-0.4, -0.2) is 37.9 Å². The summed E-state index contributed by atoms with van der Waals surface area (Å²) in [6.45, 7) is -0.494. The Balaban J connectivity index is 1.49. The number of nitrogens with one attached hydrogen (secondary N) is 2. The van der Waals surface area contributed by atoms with Gasteiger partial charge < -0.3 is 10.1 Å². The topological polar surface area (TPSA) is 102 Å². The lowest BCUT2D eigenvalue weighted by Gasteiger charge is -2.19. The average molecular weight is 587 g/mol. The Hall–Kier alpha value is -3.58. The lowest BCUT2D eigenvalue weighted by molar-refractivity contribution is -0.137. The first-order valence-electron chi connectivity index (χ1n) is 11.6. The lowest BCUT2D eigenvalue weighted by Crippen LogP contribution is -2.40. The molecule has 0 bridgehead atoms. The van der Waals surface area contributed by atoms with E-state index in [-0.39, 0.29) is 27.8 Å². The molecule has 4 rings (SSSR count). The van der Waals surface area contributed by atoms with Gasteiger partial charge in [0.2, 0.25) is 0 Å². The van der Waals surface area contributed by atoms with E-state index >= 15 is 4.39 Å².